The summed E-state index contributed by atoms with van der Waals surface area (Å²) >= 11 is 7.12. The van der Waals surface area contributed by atoms with E-state index < -0.39 is 0 Å². The minimum Gasteiger partial charge on any atom is -0.493 e. The van der Waals surface area contributed by atoms with E-state index >= 15 is 0 Å². The first-order chi connectivity index (χ1) is 16.6. The molecule has 3 rings (SSSR count). The van der Waals surface area contributed by atoms with Crippen LogP contribution in [0.15, 0.2) is 69.6 Å². The van der Waals surface area contributed by atoms with Crippen molar-refractivity contribution in [3.63, 3.8) is 0 Å². The first kappa shape index (κ1) is 26.8. The van der Waals surface area contributed by atoms with Gasteiger partial charge in [0.1, 0.15) is 11.5 Å². The standard InChI is InChI=1S/C30H36Br2O2/c1-3-5-7-9-19-33-29-21-28(24-13-17-26(32)18-14-24)30(34-20-10-8-6-4-2)22-27(29)23-11-15-25(31)16-12-23/h11-18,21-22H,3-10,19-20H2,1-2H3. The number of rotatable bonds is 14. The van der Waals surface area contributed by atoms with Crippen molar-refractivity contribution in [2.75, 3.05) is 13.2 Å². The van der Waals surface area contributed by atoms with Gasteiger partial charge in [-0.05, 0) is 60.4 Å². The lowest BCUT2D eigenvalue weighted by molar-refractivity contribution is 0.299. The van der Waals surface area contributed by atoms with Crippen LogP contribution in [0.5, 0.6) is 11.5 Å². The smallest absolute Gasteiger partial charge is 0.128 e. The van der Waals surface area contributed by atoms with Gasteiger partial charge in [0, 0.05) is 20.1 Å². The van der Waals surface area contributed by atoms with Crippen LogP contribution < -0.4 is 9.47 Å². The second-order valence-electron chi connectivity index (χ2n) is 8.68. The molecule has 0 bridgehead atoms. The van der Waals surface area contributed by atoms with E-state index in [0.717, 1.165) is 68.8 Å². The van der Waals surface area contributed by atoms with E-state index in [1.165, 1.54) is 38.5 Å². The zero-order chi connectivity index (χ0) is 24.2. The Morgan fingerprint density at radius 2 is 0.912 bits per heavy atom. The molecule has 0 amide bonds. The molecule has 182 valence electrons. The molecule has 0 aliphatic carbocycles. The monoisotopic (exact) mass is 586 g/mol. The summed E-state index contributed by atoms with van der Waals surface area (Å²) in [6.45, 7) is 5.91. The molecule has 0 saturated heterocycles. The summed E-state index contributed by atoms with van der Waals surface area (Å²) in [6, 6.07) is 21.2. The maximum atomic E-state index is 6.39. The van der Waals surface area contributed by atoms with E-state index in [4.69, 9.17) is 9.47 Å². The van der Waals surface area contributed by atoms with Crippen molar-refractivity contribution in [3.8, 4) is 33.8 Å². The van der Waals surface area contributed by atoms with Crippen LogP contribution in [0.25, 0.3) is 22.3 Å². The van der Waals surface area contributed by atoms with Gasteiger partial charge in [-0.2, -0.15) is 0 Å². The second kappa shape index (κ2) is 14.6. The Labute approximate surface area is 222 Å². The van der Waals surface area contributed by atoms with Gasteiger partial charge in [-0.15, -0.1) is 0 Å². The molecule has 0 aliphatic rings. The van der Waals surface area contributed by atoms with Gasteiger partial charge in [-0.25, -0.2) is 0 Å². The summed E-state index contributed by atoms with van der Waals surface area (Å²) in [5, 5.41) is 0. The third kappa shape index (κ3) is 8.16. The van der Waals surface area contributed by atoms with Crippen molar-refractivity contribution in [1.29, 1.82) is 0 Å². The minimum absolute atomic E-state index is 0.723. The van der Waals surface area contributed by atoms with Crippen LogP contribution in [0.4, 0.5) is 0 Å². The van der Waals surface area contributed by atoms with Gasteiger partial charge in [-0.1, -0.05) is 108 Å². The van der Waals surface area contributed by atoms with E-state index in [-0.39, 0.29) is 0 Å². The molecule has 2 nitrogen and oxygen atoms in total. The van der Waals surface area contributed by atoms with Crippen LogP contribution in [0.1, 0.15) is 65.2 Å². The lowest BCUT2D eigenvalue weighted by Crippen LogP contribution is -2.03. The Morgan fingerprint density at radius 3 is 1.26 bits per heavy atom. The molecule has 0 N–H and O–H groups in total. The number of ether oxygens (including phenoxy) is 2. The van der Waals surface area contributed by atoms with E-state index in [2.05, 4.69) is 106 Å². The largest absolute Gasteiger partial charge is 0.493 e. The highest BCUT2D eigenvalue weighted by atomic mass is 79.9. The number of halogens is 2. The quantitative estimate of drug-likeness (QED) is 0.175. The number of hydrogen-bond donors (Lipinski definition) is 0. The maximum Gasteiger partial charge on any atom is 0.128 e. The second-order valence-corrected chi connectivity index (χ2v) is 10.5. The van der Waals surface area contributed by atoms with Crippen LogP contribution in [0, 0.1) is 0 Å². The average molecular weight is 588 g/mol. The van der Waals surface area contributed by atoms with E-state index in [1.807, 2.05) is 0 Å². The zero-order valence-electron chi connectivity index (χ0n) is 20.4. The van der Waals surface area contributed by atoms with E-state index in [0.29, 0.717) is 0 Å². The van der Waals surface area contributed by atoms with E-state index in [1.54, 1.807) is 0 Å². The summed E-state index contributed by atoms with van der Waals surface area (Å²) < 4.78 is 14.9. The molecule has 0 aliphatic heterocycles. The highest BCUT2D eigenvalue weighted by Gasteiger charge is 2.16. The van der Waals surface area contributed by atoms with Crippen LogP contribution in [0.3, 0.4) is 0 Å². The summed E-state index contributed by atoms with van der Waals surface area (Å²) in [6.07, 6.45) is 9.47. The maximum absolute atomic E-state index is 6.39. The van der Waals surface area contributed by atoms with Gasteiger partial charge in [-0.3, -0.25) is 0 Å². The summed E-state index contributed by atoms with van der Waals surface area (Å²) in [5.41, 5.74) is 4.41. The molecule has 0 saturated carbocycles. The summed E-state index contributed by atoms with van der Waals surface area (Å²) in [7, 11) is 0. The van der Waals surface area contributed by atoms with Crippen molar-refractivity contribution in [1.82, 2.24) is 0 Å². The molecule has 0 aromatic heterocycles. The van der Waals surface area contributed by atoms with E-state index in [9.17, 15) is 0 Å². The Hall–Kier alpha value is -1.78. The van der Waals surface area contributed by atoms with Gasteiger partial charge in [0.25, 0.3) is 0 Å². The Balaban J connectivity index is 1.97. The molecule has 34 heavy (non-hydrogen) atoms. The van der Waals surface area contributed by atoms with Crippen LogP contribution in [-0.2, 0) is 0 Å². The number of hydrogen-bond acceptors (Lipinski definition) is 2. The van der Waals surface area contributed by atoms with Gasteiger partial charge < -0.3 is 9.47 Å². The van der Waals surface area contributed by atoms with Gasteiger partial charge in [0.05, 0.1) is 13.2 Å². The van der Waals surface area contributed by atoms with Crippen molar-refractivity contribution in [2.45, 2.75) is 65.2 Å². The predicted molar refractivity (Wildman–Crippen MR) is 152 cm³/mol. The third-order valence-electron chi connectivity index (χ3n) is 5.90. The van der Waals surface area contributed by atoms with Gasteiger partial charge >= 0.3 is 0 Å². The summed E-state index contributed by atoms with van der Waals surface area (Å²) in [4.78, 5) is 0. The number of unbranched alkanes of at least 4 members (excludes halogenated alkanes) is 6. The fourth-order valence-electron chi connectivity index (χ4n) is 3.93. The highest BCUT2D eigenvalue weighted by molar-refractivity contribution is 9.10. The minimum atomic E-state index is 0.723. The normalized spacial score (nSPS) is 10.9. The van der Waals surface area contributed by atoms with Crippen molar-refractivity contribution in [3.05, 3.63) is 69.6 Å². The Bertz CT molecular complexity index is 914. The van der Waals surface area contributed by atoms with Gasteiger partial charge in [0.2, 0.25) is 0 Å². The van der Waals surface area contributed by atoms with Crippen molar-refractivity contribution >= 4 is 31.9 Å². The fraction of sp³-hybridized carbons (Fsp3) is 0.400. The topological polar surface area (TPSA) is 18.5 Å². The molecule has 0 heterocycles. The molecule has 0 unspecified atom stereocenters. The van der Waals surface area contributed by atoms with Crippen molar-refractivity contribution < 1.29 is 9.47 Å². The molecule has 0 radical (unpaired) electrons. The zero-order valence-corrected chi connectivity index (χ0v) is 23.6. The lowest BCUT2D eigenvalue weighted by Gasteiger charge is -2.18. The third-order valence-corrected chi connectivity index (χ3v) is 6.96. The first-order valence-electron chi connectivity index (χ1n) is 12.6. The predicted octanol–water partition coefficient (Wildman–Crippen LogP) is 10.5. The molecule has 0 fully saturated rings. The molecule has 0 spiro atoms. The molecule has 4 heteroatoms. The van der Waals surface area contributed by atoms with Crippen molar-refractivity contribution in [2.24, 2.45) is 0 Å². The molecule has 3 aromatic carbocycles. The fourth-order valence-corrected chi connectivity index (χ4v) is 4.46. The molecular formula is C30H36Br2O2. The lowest BCUT2D eigenvalue weighted by atomic mass is 9.98. The molecule has 0 atom stereocenters. The van der Waals surface area contributed by atoms with Crippen LogP contribution in [-0.4, -0.2) is 13.2 Å². The Kier molecular flexibility index (Phi) is 11.5. The Morgan fingerprint density at radius 1 is 0.529 bits per heavy atom. The molecular weight excluding hydrogens is 552 g/mol. The first-order valence-corrected chi connectivity index (χ1v) is 14.2. The average Bonchev–Trinajstić information content (AvgIpc) is 2.85. The van der Waals surface area contributed by atoms with Crippen LogP contribution >= 0.6 is 31.9 Å². The summed E-state index contributed by atoms with van der Waals surface area (Å²) in [5.74, 6) is 1.82. The number of benzene rings is 3. The SMILES string of the molecule is CCCCCCOc1cc(-c2ccc(Br)cc2)c(OCCCCCC)cc1-c1ccc(Br)cc1. The van der Waals surface area contributed by atoms with Gasteiger partial charge in [0.15, 0.2) is 0 Å². The molecule has 3 aromatic rings. The van der Waals surface area contributed by atoms with Crippen LogP contribution in [0.2, 0.25) is 0 Å². The highest BCUT2D eigenvalue weighted by Crippen LogP contribution is 2.41.